The number of nitrogens with zero attached hydrogens (tertiary/aromatic N) is 3. The Balaban J connectivity index is 2.41. The minimum Gasteiger partial charge on any atom is -0.319 e. The smallest absolute Gasteiger partial charge is 0.210 e. The van der Waals surface area contributed by atoms with Crippen molar-refractivity contribution >= 4 is 11.8 Å². The molecule has 0 aliphatic carbocycles. The van der Waals surface area contributed by atoms with Crippen LogP contribution in [0.2, 0.25) is 0 Å². The highest BCUT2D eigenvalue weighted by Crippen LogP contribution is 2.27. The fourth-order valence-corrected chi connectivity index (χ4v) is 2.26. The van der Waals surface area contributed by atoms with E-state index in [1.165, 1.54) is 0 Å². The topological polar surface area (TPSA) is 42.7 Å². The molecular weight excluding hydrogens is 196 g/mol. The van der Waals surface area contributed by atoms with E-state index < -0.39 is 0 Å². The second-order valence-corrected chi connectivity index (χ2v) is 5.72. The van der Waals surface area contributed by atoms with E-state index in [-0.39, 0.29) is 5.41 Å². The van der Waals surface area contributed by atoms with E-state index in [1.807, 2.05) is 4.68 Å². The summed E-state index contributed by atoms with van der Waals surface area (Å²) in [5, 5.41) is 9.38. The zero-order chi connectivity index (χ0) is 10.3. The van der Waals surface area contributed by atoms with Gasteiger partial charge in [-0.05, 0) is 6.92 Å². The number of thioether (sulfide) groups is 1. The van der Waals surface area contributed by atoms with E-state index in [2.05, 4.69) is 43.3 Å². The van der Waals surface area contributed by atoms with Gasteiger partial charge >= 0.3 is 0 Å². The lowest BCUT2D eigenvalue weighted by Gasteiger charge is -2.26. The molecular formula is C9H16N4S. The SMILES string of the molecule is CC1CSc2nnc(C(C)(C)C)n2N1. The molecule has 1 aromatic heterocycles. The van der Waals surface area contributed by atoms with E-state index in [0.29, 0.717) is 6.04 Å². The molecule has 5 heteroatoms. The van der Waals surface area contributed by atoms with Gasteiger partial charge in [0.1, 0.15) is 0 Å². The zero-order valence-electron chi connectivity index (χ0n) is 9.03. The lowest BCUT2D eigenvalue weighted by molar-refractivity contribution is 0.503. The number of hydrogen-bond acceptors (Lipinski definition) is 4. The zero-order valence-corrected chi connectivity index (χ0v) is 9.85. The molecule has 0 spiro atoms. The van der Waals surface area contributed by atoms with Crippen LogP contribution in [0.4, 0.5) is 0 Å². The second-order valence-electron chi connectivity index (χ2n) is 4.73. The highest BCUT2D eigenvalue weighted by molar-refractivity contribution is 7.99. The van der Waals surface area contributed by atoms with Crippen molar-refractivity contribution in [2.75, 3.05) is 11.2 Å². The van der Waals surface area contributed by atoms with Crippen LogP contribution in [0.15, 0.2) is 5.16 Å². The summed E-state index contributed by atoms with van der Waals surface area (Å²) in [7, 11) is 0. The second kappa shape index (κ2) is 3.15. The normalized spacial score (nSPS) is 21.6. The number of aromatic nitrogens is 3. The van der Waals surface area contributed by atoms with Gasteiger partial charge in [-0.25, -0.2) is 4.68 Å². The molecule has 4 nitrogen and oxygen atoms in total. The molecule has 2 rings (SSSR count). The predicted octanol–water partition coefficient (Wildman–Crippen LogP) is 1.61. The van der Waals surface area contributed by atoms with Gasteiger partial charge < -0.3 is 5.43 Å². The Morgan fingerprint density at radius 1 is 1.43 bits per heavy atom. The molecule has 0 fully saturated rings. The van der Waals surface area contributed by atoms with Crippen LogP contribution < -0.4 is 5.43 Å². The molecule has 0 saturated heterocycles. The summed E-state index contributed by atoms with van der Waals surface area (Å²) in [5.41, 5.74) is 3.42. The Labute approximate surface area is 88.5 Å². The predicted molar refractivity (Wildman–Crippen MR) is 58.3 cm³/mol. The van der Waals surface area contributed by atoms with Gasteiger partial charge in [0.05, 0.1) is 0 Å². The first kappa shape index (κ1) is 9.83. The molecule has 14 heavy (non-hydrogen) atoms. The Morgan fingerprint density at radius 2 is 2.14 bits per heavy atom. The molecule has 0 bridgehead atoms. The van der Waals surface area contributed by atoms with Gasteiger partial charge in [0.2, 0.25) is 5.16 Å². The van der Waals surface area contributed by atoms with Crippen molar-refractivity contribution in [1.82, 2.24) is 14.9 Å². The van der Waals surface area contributed by atoms with Crippen LogP contribution in [0.3, 0.4) is 0 Å². The molecule has 0 radical (unpaired) electrons. The van der Waals surface area contributed by atoms with Crippen LogP contribution in [0, 0.1) is 0 Å². The maximum absolute atomic E-state index is 4.23. The maximum Gasteiger partial charge on any atom is 0.210 e. The molecule has 1 aromatic rings. The molecule has 1 atom stereocenters. The summed E-state index contributed by atoms with van der Waals surface area (Å²) in [5.74, 6) is 2.06. The Hall–Kier alpha value is -0.710. The molecule has 1 unspecified atom stereocenters. The van der Waals surface area contributed by atoms with Crippen LogP contribution in [-0.4, -0.2) is 26.7 Å². The summed E-state index contributed by atoms with van der Waals surface area (Å²) >= 11 is 1.76. The highest BCUT2D eigenvalue weighted by atomic mass is 32.2. The van der Waals surface area contributed by atoms with Gasteiger partial charge in [0, 0.05) is 17.2 Å². The summed E-state index contributed by atoms with van der Waals surface area (Å²) in [6.45, 7) is 8.62. The molecule has 2 heterocycles. The van der Waals surface area contributed by atoms with Crippen LogP contribution >= 0.6 is 11.8 Å². The van der Waals surface area contributed by atoms with Gasteiger partial charge in [-0.1, -0.05) is 32.5 Å². The standard InChI is InChI=1S/C9H16N4S/c1-6-5-14-8-11-10-7(9(2,3)4)13(8)12-6/h6,12H,5H2,1-4H3. The van der Waals surface area contributed by atoms with Gasteiger partial charge in [0.15, 0.2) is 5.82 Å². The first-order chi connectivity index (χ1) is 6.48. The largest absolute Gasteiger partial charge is 0.319 e. The third-order valence-electron chi connectivity index (χ3n) is 2.12. The quantitative estimate of drug-likeness (QED) is 0.709. The van der Waals surface area contributed by atoms with E-state index >= 15 is 0 Å². The Bertz CT molecular complexity index is 339. The molecule has 78 valence electrons. The molecule has 0 saturated carbocycles. The third kappa shape index (κ3) is 1.61. The monoisotopic (exact) mass is 212 g/mol. The van der Waals surface area contributed by atoms with E-state index in [4.69, 9.17) is 0 Å². The summed E-state index contributed by atoms with van der Waals surface area (Å²) in [4.78, 5) is 0. The lowest BCUT2D eigenvalue weighted by atomic mass is 9.96. The number of hydrogen-bond donors (Lipinski definition) is 1. The van der Waals surface area contributed by atoms with Crippen LogP contribution in [-0.2, 0) is 5.41 Å². The van der Waals surface area contributed by atoms with Crippen molar-refractivity contribution in [3.8, 4) is 0 Å². The molecule has 0 amide bonds. The van der Waals surface area contributed by atoms with Crippen molar-refractivity contribution in [3.63, 3.8) is 0 Å². The molecule has 1 aliphatic heterocycles. The van der Waals surface area contributed by atoms with E-state index in [1.54, 1.807) is 11.8 Å². The van der Waals surface area contributed by atoms with Crippen LogP contribution in [0.1, 0.15) is 33.5 Å². The maximum atomic E-state index is 4.23. The van der Waals surface area contributed by atoms with Crippen LogP contribution in [0.5, 0.6) is 0 Å². The number of fused-ring (bicyclic) bond motifs is 1. The Kier molecular flexibility index (Phi) is 2.21. The van der Waals surface area contributed by atoms with Crippen molar-refractivity contribution in [2.24, 2.45) is 0 Å². The summed E-state index contributed by atoms with van der Waals surface area (Å²) < 4.78 is 2.03. The van der Waals surface area contributed by atoms with Gasteiger partial charge in [-0.15, -0.1) is 10.2 Å². The lowest BCUT2D eigenvalue weighted by Crippen LogP contribution is -2.35. The van der Waals surface area contributed by atoms with E-state index in [9.17, 15) is 0 Å². The third-order valence-corrected chi connectivity index (χ3v) is 3.31. The molecule has 0 aromatic carbocycles. The highest BCUT2D eigenvalue weighted by Gasteiger charge is 2.27. The van der Waals surface area contributed by atoms with Crippen molar-refractivity contribution in [1.29, 1.82) is 0 Å². The van der Waals surface area contributed by atoms with Gasteiger partial charge in [-0.2, -0.15) is 0 Å². The van der Waals surface area contributed by atoms with Crippen molar-refractivity contribution in [2.45, 2.75) is 44.3 Å². The Morgan fingerprint density at radius 3 is 2.79 bits per heavy atom. The number of rotatable bonds is 0. The average molecular weight is 212 g/mol. The van der Waals surface area contributed by atoms with Crippen molar-refractivity contribution in [3.05, 3.63) is 5.82 Å². The first-order valence-corrected chi connectivity index (χ1v) is 5.82. The summed E-state index contributed by atoms with van der Waals surface area (Å²) in [6.07, 6.45) is 0. The fraction of sp³-hybridized carbons (Fsp3) is 0.778. The minimum absolute atomic E-state index is 0.0376. The average Bonchev–Trinajstić information content (AvgIpc) is 2.45. The van der Waals surface area contributed by atoms with E-state index in [0.717, 1.165) is 16.7 Å². The first-order valence-electron chi connectivity index (χ1n) is 4.84. The molecule has 1 N–H and O–H groups in total. The van der Waals surface area contributed by atoms with Gasteiger partial charge in [-0.3, -0.25) is 0 Å². The van der Waals surface area contributed by atoms with Crippen LogP contribution in [0.25, 0.3) is 0 Å². The summed E-state index contributed by atoms with van der Waals surface area (Å²) in [6, 6.07) is 0.476. The number of nitrogens with one attached hydrogen (secondary N) is 1. The van der Waals surface area contributed by atoms with Crippen molar-refractivity contribution < 1.29 is 0 Å². The fourth-order valence-electron chi connectivity index (χ4n) is 1.42. The molecule has 1 aliphatic rings. The van der Waals surface area contributed by atoms with Gasteiger partial charge in [0.25, 0.3) is 0 Å². The minimum atomic E-state index is 0.0376.